The van der Waals surface area contributed by atoms with E-state index in [4.69, 9.17) is 22.9 Å². The first-order valence-corrected chi connectivity index (χ1v) is 8.86. The molecule has 0 aliphatic carbocycles. The minimum absolute atomic E-state index is 0. The molecule has 2 aromatic carbocycles. The van der Waals surface area contributed by atoms with Crippen molar-refractivity contribution in [3.05, 3.63) is 36.4 Å². The van der Waals surface area contributed by atoms with E-state index in [1.807, 2.05) is 0 Å². The van der Waals surface area contributed by atoms with Crippen molar-refractivity contribution in [2.45, 2.75) is 9.79 Å². The summed E-state index contributed by atoms with van der Waals surface area (Å²) in [4.78, 5) is -0.940. The molecule has 0 aromatic heterocycles. The first-order valence-electron chi connectivity index (χ1n) is 6.04. The summed E-state index contributed by atoms with van der Waals surface area (Å²) in [5.74, 6) is 0. The Labute approximate surface area is 174 Å². The predicted octanol–water partition coefficient (Wildman–Crippen LogP) is -0.871. The second kappa shape index (κ2) is 8.89. The molecular formula is C12H14CaN4O6S2. The molecule has 0 saturated carbocycles. The second-order valence-electron chi connectivity index (χ2n) is 4.50. The van der Waals surface area contributed by atoms with Gasteiger partial charge in [-0.25, -0.2) is 16.8 Å². The smallest absolute Gasteiger partial charge is 0.744 e. The molecule has 0 aliphatic heterocycles. The van der Waals surface area contributed by atoms with Crippen LogP contribution in [0.15, 0.2) is 46.2 Å². The molecule has 0 aliphatic rings. The van der Waals surface area contributed by atoms with E-state index >= 15 is 0 Å². The van der Waals surface area contributed by atoms with Gasteiger partial charge in [0, 0.05) is 22.7 Å². The molecule has 2 aromatic rings. The van der Waals surface area contributed by atoms with Crippen LogP contribution >= 0.6 is 0 Å². The fourth-order valence-corrected chi connectivity index (χ4v) is 2.81. The van der Waals surface area contributed by atoms with Gasteiger partial charge in [-0.15, -0.1) is 0 Å². The third kappa shape index (κ3) is 7.23. The molecule has 8 N–H and O–H groups in total. The minimum Gasteiger partial charge on any atom is -0.744 e. The minimum atomic E-state index is -4.51. The monoisotopic (exact) mass is 414 g/mol. The number of nitrogens with two attached hydrogens (primary N) is 4. The zero-order chi connectivity index (χ0) is 18.7. The molecular weight excluding hydrogens is 400 g/mol. The molecule has 0 unspecified atom stereocenters. The molecule has 25 heavy (non-hydrogen) atoms. The van der Waals surface area contributed by atoms with Crippen LogP contribution < -0.4 is 22.9 Å². The number of hydrogen-bond donors (Lipinski definition) is 4. The van der Waals surface area contributed by atoms with Crippen molar-refractivity contribution in [2.75, 3.05) is 22.9 Å². The van der Waals surface area contributed by atoms with E-state index in [0.717, 1.165) is 12.1 Å². The predicted molar refractivity (Wildman–Crippen MR) is 92.2 cm³/mol. The van der Waals surface area contributed by atoms with Crippen molar-refractivity contribution < 1.29 is 25.9 Å². The molecule has 0 amide bonds. The normalized spacial score (nSPS) is 11.0. The molecule has 2 rings (SSSR count). The van der Waals surface area contributed by atoms with E-state index in [1.165, 1.54) is 24.3 Å². The molecule has 10 nitrogen and oxygen atoms in total. The summed E-state index contributed by atoms with van der Waals surface area (Å²) in [6.07, 6.45) is 0. The van der Waals surface area contributed by atoms with Gasteiger partial charge in [-0.2, -0.15) is 0 Å². The third-order valence-corrected chi connectivity index (χ3v) is 4.40. The van der Waals surface area contributed by atoms with Crippen molar-refractivity contribution in [2.24, 2.45) is 0 Å². The third-order valence-electron chi connectivity index (χ3n) is 2.61. The van der Waals surface area contributed by atoms with Gasteiger partial charge in [0.25, 0.3) is 0 Å². The topological polar surface area (TPSA) is 218 Å². The first kappa shape index (κ1) is 23.7. The quantitative estimate of drug-likeness (QED) is 0.270. The average molecular weight is 414 g/mol. The summed E-state index contributed by atoms with van der Waals surface area (Å²) >= 11 is 0. The SMILES string of the molecule is Nc1ccc(N)c(S(=O)(=O)[O-])c1.Nc1ccc(N)c(S(=O)(=O)[O-])c1.[Ca+2]. The van der Waals surface area contributed by atoms with Crippen LogP contribution in [0.2, 0.25) is 0 Å². The van der Waals surface area contributed by atoms with E-state index < -0.39 is 30.0 Å². The van der Waals surface area contributed by atoms with Crippen LogP contribution in [0, 0.1) is 0 Å². The van der Waals surface area contributed by atoms with Crippen molar-refractivity contribution in [3.8, 4) is 0 Å². The van der Waals surface area contributed by atoms with Crippen LogP contribution in [-0.2, 0) is 20.2 Å². The van der Waals surface area contributed by atoms with E-state index in [1.54, 1.807) is 0 Å². The molecule has 13 heteroatoms. The number of benzene rings is 2. The zero-order valence-electron chi connectivity index (χ0n) is 12.7. The molecule has 132 valence electrons. The van der Waals surface area contributed by atoms with E-state index in [2.05, 4.69) is 0 Å². The number of hydrogen-bond acceptors (Lipinski definition) is 10. The number of anilines is 4. The van der Waals surface area contributed by atoms with Gasteiger partial charge in [-0.1, -0.05) is 0 Å². The summed E-state index contributed by atoms with van der Waals surface area (Å²) in [6, 6.07) is 7.48. The Balaban J connectivity index is 0.000000443. The van der Waals surface area contributed by atoms with Crippen LogP contribution in [0.5, 0.6) is 0 Å². The van der Waals surface area contributed by atoms with E-state index in [0.29, 0.717) is 0 Å². The van der Waals surface area contributed by atoms with Crippen molar-refractivity contribution in [3.63, 3.8) is 0 Å². The fraction of sp³-hybridized carbons (Fsp3) is 0. The Bertz CT molecular complexity index is 884. The molecule has 0 bridgehead atoms. The molecule has 0 saturated heterocycles. The molecule has 0 fully saturated rings. The molecule has 0 atom stereocenters. The fourth-order valence-electron chi connectivity index (χ4n) is 1.53. The Morgan fingerprint density at radius 1 is 0.640 bits per heavy atom. The van der Waals surface area contributed by atoms with Crippen LogP contribution in [0.1, 0.15) is 0 Å². The van der Waals surface area contributed by atoms with Gasteiger partial charge in [0.15, 0.2) is 0 Å². The maximum Gasteiger partial charge on any atom is 2.00 e. The average Bonchev–Trinajstić information content (AvgIpc) is 2.42. The van der Waals surface area contributed by atoms with E-state index in [-0.39, 0.29) is 60.5 Å². The summed E-state index contributed by atoms with van der Waals surface area (Å²) in [5.41, 5.74) is 21.2. The van der Waals surface area contributed by atoms with Crippen molar-refractivity contribution in [1.82, 2.24) is 0 Å². The van der Waals surface area contributed by atoms with Crippen LogP contribution in [0.3, 0.4) is 0 Å². The first-order chi connectivity index (χ1) is 10.8. The largest absolute Gasteiger partial charge is 2.00 e. The van der Waals surface area contributed by atoms with Gasteiger partial charge in [0.05, 0.1) is 9.79 Å². The molecule has 0 spiro atoms. The summed E-state index contributed by atoms with van der Waals surface area (Å²) in [6.45, 7) is 0. The van der Waals surface area contributed by atoms with Crippen LogP contribution in [0.4, 0.5) is 22.7 Å². The van der Waals surface area contributed by atoms with Gasteiger partial charge in [0.1, 0.15) is 20.2 Å². The van der Waals surface area contributed by atoms with E-state index in [9.17, 15) is 25.9 Å². The second-order valence-corrected chi connectivity index (χ2v) is 7.20. The van der Waals surface area contributed by atoms with Gasteiger partial charge in [0.2, 0.25) is 0 Å². The Morgan fingerprint density at radius 3 is 1.12 bits per heavy atom. The van der Waals surface area contributed by atoms with Gasteiger partial charge < -0.3 is 32.0 Å². The van der Waals surface area contributed by atoms with Crippen LogP contribution in [-0.4, -0.2) is 63.7 Å². The van der Waals surface area contributed by atoms with Gasteiger partial charge in [-0.3, -0.25) is 0 Å². The van der Waals surface area contributed by atoms with Gasteiger partial charge >= 0.3 is 37.7 Å². The van der Waals surface area contributed by atoms with Gasteiger partial charge in [-0.05, 0) is 36.4 Å². The number of rotatable bonds is 2. The standard InChI is InChI=1S/2C6H8N2O3S.Ca/c2*7-4-1-2-5(8)6(3-4)12(9,10)11;/h2*1-3H,7-8H2,(H,9,10,11);/q;;+2/p-2. The number of nitrogen functional groups attached to an aromatic ring is 4. The summed E-state index contributed by atoms with van der Waals surface area (Å²) in [7, 11) is -9.02. The van der Waals surface area contributed by atoms with Crippen LogP contribution in [0.25, 0.3) is 0 Å². The maximum atomic E-state index is 10.5. The molecule has 0 radical (unpaired) electrons. The maximum absolute atomic E-state index is 10.5. The molecule has 0 heterocycles. The van der Waals surface area contributed by atoms with Crippen molar-refractivity contribution in [1.29, 1.82) is 0 Å². The summed E-state index contributed by atoms with van der Waals surface area (Å²) in [5, 5.41) is 0. The Hall–Kier alpha value is -1.28. The zero-order valence-corrected chi connectivity index (χ0v) is 16.6. The summed E-state index contributed by atoms with van der Waals surface area (Å²) < 4.78 is 63.1. The van der Waals surface area contributed by atoms with Crippen molar-refractivity contribution >= 4 is 80.7 Å². The Kier molecular flexibility index (Phi) is 8.44. The Morgan fingerprint density at radius 2 is 0.920 bits per heavy atom.